The maximum absolute atomic E-state index is 5.59. The van der Waals surface area contributed by atoms with Crippen molar-refractivity contribution in [2.24, 2.45) is 0 Å². The number of rotatable bonds is 3. The Hall–Kier alpha value is -0.220. The van der Waals surface area contributed by atoms with Crippen molar-refractivity contribution in [2.45, 2.75) is 36.7 Å². The number of nitrogen functional groups attached to an aromatic ring is 1. The van der Waals surface area contributed by atoms with Crippen molar-refractivity contribution >= 4 is 28.2 Å². The van der Waals surface area contributed by atoms with E-state index in [2.05, 4.69) is 18.8 Å². The summed E-state index contributed by atoms with van der Waals surface area (Å²) in [4.78, 5) is 4.17. The van der Waals surface area contributed by atoms with Gasteiger partial charge in [0.25, 0.3) is 0 Å². The summed E-state index contributed by atoms with van der Waals surface area (Å²) in [5.41, 5.74) is 6.66. The van der Waals surface area contributed by atoms with E-state index in [-0.39, 0.29) is 0 Å². The standard InChI is InChI=1S/C8H14N2S2/c1-4-5(2)11-7-6(3)10-8(9)12-7/h5H,4H2,1-3H3,(H2,9,10). The van der Waals surface area contributed by atoms with E-state index in [1.165, 1.54) is 10.6 Å². The molecule has 0 saturated carbocycles. The molecule has 1 heterocycles. The quantitative estimate of drug-likeness (QED) is 0.766. The van der Waals surface area contributed by atoms with Crippen LogP contribution in [0.5, 0.6) is 0 Å². The van der Waals surface area contributed by atoms with Crippen LogP contribution >= 0.6 is 23.1 Å². The van der Waals surface area contributed by atoms with Gasteiger partial charge in [-0.1, -0.05) is 25.2 Å². The van der Waals surface area contributed by atoms with Gasteiger partial charge < -0.3 is 5.73 Å². The highest BCUT2D eigenvalue weighted by molar-refractivity contribution is 8.01. The summed E-state index contributed by atoms with van der Waals surface area (Å²) in [5.74, 6) is 0. The van der Waals surface area contributed by atoms with Gasteiger partial charge in [-0.3, -0.25) is 0 Å². The van der Waals surface area contributed by atoms with Gasteiger partial charge in [0, 0.05) is 5.25 Å². The Morgan fingerprint density at radius 1 is 1.67 bits per heavy atom. The van der Waals surface area contributed by atoms with Gasteiger partial charge in [-0.25, -0.2) is 4.98 Å². The summed E-state index contributed by atoms with van der Waals surface area (Å²) in [7, 11) is 0. The lowest BCUT2D eigenvalue weighted by molar-refractivity contribution is 0.906. The van der Waals surface area contributed by atoms with Crippen molar-refractivity contribution in [1.82, 2.24) is 4.98 Å². The van der Waals surface area contributed by atoms with Crippen molar-refractivity contribution in [3.63, 3.8) is 0 Å². The van der Waals surface area contributed by atoms with E-state index in [0.29, 0.717) is 10.4 Å². The van der Waals surface area contributed by atoms with Crippen molar-refractivity contribution in [1.29, 1.82) is 0 Å². The molecule has 0 aromatic carbocycles. The first kappa shape index (κ1) is 9.86. The molecule has 0 aliphatic rings. The van der Waals surface area contributed by atoms with Crippen molar-refractivity contribution in [3.8, 4) is 0 Å². The van der Waals surface area contributed by atoms with Crippen LogP contribution in [0.2, 0.25) is 0 Å². The van der Waals surface area contributed by atoms with Gasteiger partial charge in [-0.2, -0.15) is 0 Å². The van der Waals surface area contributed by atoms with Gasteiger partial charge in [0.05, 0.1) is 9.90 Å². The molecule has 0 aliphatic carbocycles. The third-order valence-corrected chi connectivity index (χ3v) is 4.22. The van der Waals surface area contributed by atoms with E-state index in [1.807, 2.05) is 18.7 Å². The molecule has 2 nitrogen and oxygen atoms in total. The van der Waals surface area contributed by atoms with Crippen molar-refractivity contribution in [3.05, 3.63) is 5.69 Å². The summed E-state index contributed by atoms with van der Waals surface area (Å²) in [6.45, 7) is 6.43. The summed E-state index contributed by atoms with van der Waals surface area (Å²) in [6.07, 6.45) is 1.18. The minimum atomic E-state index is 0.656. The highest BCUT2D eigenvalue weighted by atomic mass is 32.2. The molecular weight excluding hydrogens is 188 g/mol. The number of hydrogen-bond donors (Lipinski definition) is 1. The second kappa shape index (κ2) is 4.14. The number of nitrogens with zero attached hydrogens (tertiary/aromatic N) is 1. The molecule has 68 valence electrons. The normalized spacial score (nSPS) is 13.2. The van der Waals surface area contributed by atoms with Gasteiger partial charge in [0.1, 0.15) is 0 Å². The highest BCUT2D eigenvalue weighted by Gasteiger charge is 2.08. The maximum atomic E-state index is 5.59. The lowest BCUT2D eigenvalue weighted by atomic mass is 10.4. The van der Waals surface area contributed by atoms with Gasteiger partial charge in [-0.15, -0.1) is 11.8 Å². The molecular formula is C8H14N2S2. The zero-order valence-electron chi connectivity index (χ0n) is 7.63. The molecule has 0 bridgehead atoms. The number of nitrogens with two attached hydrogens (primary N) is 1. The van der Waals surface area contributed by atoms with E-state index in [0.717, 1.165) is 5.69 Å². The fraction of sp³-hybridized carbons (Fsp3) is 0.625. The molecule has 1 rings (SSSR count). The third-order valence-electron chi connectivity index (χ3n) is 1.65. The van der Waals surface area contributed by atoms with Crippen LogP contribution in [0, 0.1) is 6.92 Å². The van der Waals surface area contributed by atoms with Crippen molar-refractivity contribution in [2.75, 3.05) is 5.73 Å². The zero-order valence-corrected chi connectivity index (χ0v) is 9.26. The van der Waals surface area contributed by atoms with Crippen LogP contribution in [-0.2, 0) is 0 Å². The Bertz CT molecular complexity index is 258. The van der Waals surface area contributed by atoms with Crippen molar-refractivity contribution < 1.29 is 0 Å². The fourth-order valence-electron chi connectivity index (χ4n) is 0.778. The Labute approximate surface area is 81.6 Å². The molecule has 0 amide bonds. The molecule has 1 aromatic heterocycles. The van der Waals surface area contributed by atoms with E-state index in [1.54, 1.807) is 11.3 Å². The first-order valence-electron chi connectivity index (χ1n) is 4.03. The van der Waals surface area contributed by atoms with E-state index >= 15 is 0 Å². The molecule has 0 saturated heterocycles. The monoisotopic (exact) mass is 202 g/mol. The summed E-state index contributed by atoms with van der Waals surface area (Å²) in [6, 6.07) is 0. The highest BCUT2D eigenvalue weighted by Crippen LogP contribution is 2.34. The van der Waals surface area contributed by atoms with Gasteiger partial charge in [-0.05, 0) is 13.3 Å². The fourth-order valence-corrected chi connectivity index (χ4v) is 3.03. The molecule has 1 atom stereocenters. The lowest BCUT2D eigenvalue weighted by Crippen LogP contribution is -1.91. The third kappa shape index (κ3) is 2.38. The molecule has 1 aromatic rings. The minimum absolute atomic E-state index is 0.656. The largest absolute Gasteiger partial charge is 0.375 e. The predicted molar refractivity (Wildman–Crippen MR) is 56.9 cm³/mol. The average molecular weight is 202 g/mol. The molecule has 0 aliphatic heterocycles. The summed E-state index contributed by atoms with van der Waals surface area (Å²) < 4.78 is 1.27. The predicted octanol–water partition coefficient (Wildman–Crippen LogP) is 2.92. The molecule has 2 N–H and O–H groups in total. The molecule has 0 radical (unpaired) electrons. The number of anilines is 1. The maximum Gasteiger partial charge on any atom is 0.181 e. The summed E-state index contributed by atoms with van der Waals surface area (Å²) >= 11 is 3.45. The minimum Gasteiger partial charge on any atom is -0.375 e. The number of thiazole rings is 1. The number of thioether (sulfide) groups is 1. The van der Waals surface area contributed by atoms with Crippen LogP contribution in [0.25, 0.3) is 0 Å². The van der Waals surface area contributed by atoms with Crippen LogP contribution < -0.4 is 5.73 Å². The number of hydrogen-bond acceptors (Lipinski definition) is 4. The molecule has 1 unspecified atom stereocenters. The van der Waals surface area contributed by atoms with E-state index in [4.69, 9.17) is 5.73 Å². The van der Waals surface area contributed by atoms with Gasteiger partial charge in [0.2, 0.25) is 0 Å². The molecule has 4 heteroatoms. The smallest absolute Gasteiger partial charge is 0.181 e. The first-order valence-corrected chi connectivity index (χ1v) is 5.72. The summed E-state index contributed by atoms with van der Waals surface area (Å²) in [5, 5.41) is 1.34. The Morgan fingerprint density at radius 2 is 2.33 bits per heavy atom. The number of aryl methyl sites for hydroxylation is 1. The average Bonchev–Trinajstić information content (AvgIpc) is 2.30. The molecule has 12 heavy (non-hydrogen) atoms. The topological polar surface area (TPSA) is 38.9 Å². The van der Waals surface area contributed by atoms with Crippen LogP contribution in [0.4, 0.5) is 5.13 Å². The van der Waals surface area contributed by atoms with Crippen LogP contribution in [-0.4, -0.2) is 10.2 Å². The Kier molecular flexibility index (Phi) is 3.40. The SMILES string of the molecule is CCC(C)Sc1sc(N)nc1C. The van der Waals surface area contributed by atoms with Gasteiger partial charge >= 0.3 is 0 Å². The second-order valence-electron chi connectivity index (χ2n) is 2.76. The lowest BCUT2D eigenvalue weighted by Gasteiger charge is -2.04. The Morgan fingerprint density at radius 3 is 2.75 bits per heavy atom. The molecule has 0 spiro atoms. The zero-order chi connectivity index (χ0) is 9.14. The molecule has 0 fully saturated rings. The second-order valence-corrected chi connectivity index (χ2v) is 5.50. The first-order chi connectivity index (χ1) is 5.63. The Balaban J connectivity index is 2.68. The van der Waals surface area contributed by atoms with E-state index < -0.39 is 0 Å². The van der Waals surface area contributed by atoms with Crippen LogP contribution in [0.3, 0.4) is 0 Å². The van der Waals surface area contributed by atoms with E-state index in [9.17, 15) is 0 Å². The van der Waals surface area contributed by atoms with Crippen LogP contribution in [0.1, 0.15) is 26.0 Å². The number of aromatic nitrogens is 1. The van der Waals surface area contributed by atoms with Gasteiger partial charge in [0.15, 0.2) is 5.13 Å². The van der Waals surface area contributed by atoms with Crippen LogP contribution in [0.15, 0.2) is 4.21 Å².